The van der Waals surface area contributed by atoms with Crippen LogP contribution in [-0.2, 0) is 0 Å². The van der Waals surface area contributed by atoms with E-state index < -0.39 is 0 Å². The number of allylic oxidation sites excluding steroid dienone is 4. The Hall–Kier alpha value is -0.820. The van der Waals surface area contributed by atoms with E-state index in [-0.39, 0.29) is 0 Å². The monoisotopic (exact) mass is 189 g/mol. The molecule has 0 saturated carbocycles. The van der Waals surface area contributed by atoms with Gasteiger partial charge in [0.05, 0.1) is 0 Å². The molecular formula is C13H19N. The van der Waals surface area contributed by atoms with Crippen LogP contribution in [0.25, 0.3) is 0 Å². The Balaban J connectivity index is 2.12. The van der Waals surface area contributed by atoms with E-state index in [4.69, 9.17) is 0 Å². The number of hydrogen-bond donors (Lipinski definition) is 0. The average molecular weight is 189 g/mol. The van der Waals surface area contributed by atoms with Crippen molar-refractivity contribution >= 4 is 0 Å². The molecule has 0 bridgehead atoms. The first kappa shape index (κ1) is 9.72. The smallest absolute Gasteiger partial charge is 0.0108 e. The van der Waals surface area contributed by atoms with Crippen molar-refractivity contribution in [3.05, 3.63) is 36.0 Å². The molecule has 0 spiro atoms. The van der Waals surface area contributed by atoms with Crippen LogP contribution >= 0.6 is 0 Å². The molecular weight excluding hydrogens is 170 g/mol. The molecule has 1 saturated heterocycles. The topological polar surface area (TPSA) is 3.24 Å². The van der Waals surface area contributed by atoms with Crippen LogP contribution in [0.2, 0.25) is 0 Å². The summed E-state index contributed by atoms with van der Waals surface area (Å²) in [6, 6.07) is 0. The summed E-state index contributed by atoms with van der Waals surface area (Å²) in [6.45, 7) is 5.89. The van der Waals surface area contributed by atoms with E-state index in [1.165, 1.54) is 26.1 Å². The molecule has 2 aliphatic rings. The Morgan fingerprint density at radius 3 is 3.21 bits per heavy atom. The number of piperidine rings is 1. The van der Waals surface area contributed by atoms with Crippen LogP contribution in [0.15, 0.2) is 36.0 Å². The molecule has 0 aromatic heterocycles. The maximum atomic E-state index is 2.54. The van der Waals surface area contributed by atoms with Gasteiger partial charge in [-0.2, -0.15) is 0 Å². The summed E-state index contributed by atoms with van der Waals surface area (Å²) in [7, 11) is 0. The van der Waals surface area contributed by atoms with Crippen LogP contribution in [0.3, 0.4) is 0 Å². The highest BCUT2D eigenvalue weighted by molar-refractivity contribution is 5.24. The first-order valence-electron chi connectivity index (χ1n) is 5.64. The van der Waals surface area contributed by atoms with Crippen molar-refractivity contribution in [3.8, 4) is 0 Å². The van der Waals surface area contributed by atoms with Crippen LogP contribution in [0.5, 0.6) is 0 Å². The molecule has 1 atom stereocenters. The lowest BCUT2D eigenvalue weighted by Gasteiger charge is -2.32. The highest BCUT2D eigenvalue weighted by Gasteiger charge is 2.20. The van der Waals surface area contributed by atoms with Gasteiger partial charge >= 0.3 is 0 Å². The minimum Gasteiger partial charge on any atom is -0.302 e. The fourth-order valence-electron chi connectivity index (χ4n) is 2.23. The van der Waals surface area contributed by atoms with E-state index in [1.54, 1.807) is 5.57 Å². The number of rotatable bonds is 1. The fourth-order valence-corrected chi connectivity index (χ4v) is 2.23. The van der Waals surface area contributed by atoms with Crippen LogP contribution in [0, 0.1) is 5.92 Å². The van der Waals surface area contributed by atoms with Gasteiger partial charge in [0.1, 0.15) is 0 Å². The third-order valence-electron chi connectivity index (χ3n) is 3.18. The van der Waals surface area contributed by atoms with Crippen LogP contribution < -0.4 is 0 Å². The van der Waals surface area contributed by atoms with Crippen LogP contribution in [0.4, 0.5) is 0 Å². The summed E-state index contributed by atoms with van der Waals surface area (Å²) >= 11 is 0. The van der Waals surface area contributed by atoms with Gasteiger partial charge in [0.15, 0.2) is 0 Å². The Morgan fingerprint density at radius 2 is 2.36 bits per heavy atom. The summed E-state index contributed by atoms with van der Waals surface area (Å²) in [4.78, 5) is 2.54. The van der Waals surface area contributed by atoms with E-state index in [9.17, 15) is 0 Å². The van der Waals surface area contributed by atoms with Crippen molar-refractivity contribution in [2.45, 2.75) is 19.8 Å². The molecule has 76 valence electrons. The third kappa shape index (κ3) is 2.16. The summed E-state index contributed by atoms with van der Waals surface area (Å²) in [6.07, 6.45) is 13.8. The Kier molecular flexibility index (Phi) is 3.20. The van der Waals surface area contributed by atoms with Crippen LogP contribution in [-0.4, -0.2) is 24.5 Å². The molecule has 1 nitrogen and oxygen atoms in total. The second kappa shape index (κ2) is 4.61. The van der Waals surface area contributed by atoms with Gasteiger partial charge in [0.25, 0.3) is 0 Å². The van der Waals surface area contributed by atoms with Gasteiger partial charge in [-0.3, -0.25) is 0 Å². The standard InChI is InChI=1S/C13H19N/c1-2-14-10-9-12-7-5-3-4-6-8-13(12)11-14/h3,5-8,13H,2,4,9-11H2,1H3/b5-3-,8-6?,12-7-/t13-/m1/s1. The third-order valence-corrected chi connectivity index (χ3v) is 3.18. The molecule has 0 aromatic carbocycles. The first-order valence-corrected chi connectivity index (χ1v) is 5.64. The van der Waals surface area contributed by atoms with Gasteiger partial charge in [-0.1, -0.05) is 42.9 Å². The second-order valence-corrected chi connectivity index (χ2v) is 4.08. The minimum absolute atomic E-state index is 0.675. The highest BCUT2D eigenvalue weighted by atomic mass is 15.1. The molecule has 0 unspecified atom stereocenters. The SMILES string of the molecule is CCN1CC/C2=C/C=C\CC=C[C@@H]2C1. The molecule has 1 fully saturated rings. The molecule has 1 aliphatic carbocycles. The average Bonchev–Trinajstić information content (AvgIpc) is 2.18. The largest absolute Gasteiger partial charge is 0.302 e. The van der Waals surface area contributed by atoms with Gasteiger partial charge in [-0.25, -0.2) is 0 Å². The number of nitrogens with zero attached hydrogens (tertiary/aromatic N) is 1. The number of fused-ring (bicyclic) bond motifs is 1. The predicted molar refractivity (Wildman–Crippen MR) is 61.2 cm³/mol. The Bertz CT molecular complexity index is 273. The fraction of sp³-hybridized carbons (Fsp3) is 0.538. The predicted octanol–water partition coefficient (Wildman–Crippen LogP) is 2.77. The Morgan fingerprint density at radius 1 is 1.43 bits per heavy atom. The van der Waals surface area contributed by atoms with Gasteiger partial charge in [-0.15, -0.1) is 0 Å². The summed E-state index contributed by atoms with van der Waals surface area (Å²) < 4.78 is 0. The quantitative estimate of drug-likeness (QED) is 0.573. The van der Waals surface area contributed by atoms with Crippen molar-refractivity contribution in [2.24, 2.45) is 5.92 Å². The molecule has 1 aliphatic heterocycles. The highest BCUT2D eigenvalue weighted by Crippen LogP contribution is 2.25. The van der Waals surface area contributed by atoms with Gasteiger partial charge < -0.3 is 4.90 Å². The summed E-state index contributed by atoms with van der Waals surface area (Å²) in [5.41, 5.74) is 1.61. The number of likely N-dealkylation sites (tertiary alicyclic amines) is 1. The maximum absolute atomic E-state index is 2.54. The summed E-state index contributed by atoms with van der Waals surface area (Å²) in [5, 5.41) is 0. The zero-order valence-electron chi connectivity index (χ0n) is 8.95. The number of hydrogen-bond acceptors (Lipinski definition) is 1. The molecule has 0 amide bonds. The first-order chi connectivity index (χ1) is 6.90. The molecule has 0 aromatic rings. The zero-order chi connectivity index (χ0) is 9.80. The lowest BCUT2D eigenvalue weighted by atomic mass is 9.89. The molecule has 14 heavy (non-hydrogen) atoms. The van der Waals surface area contributed by atoms with Crippen molar-refractivity contribution in [1.82, 2.24) is 4.90 Å². The normalized spacial score (nSPS) is 33.8. The molecule has 1 heterocycles. The van der Waals surface area contributed by atoms with E-state index in [2.05, 4.69) is 42.2 Å². The lowest BCUT2D eigenvalue weighted by molar-refractivity contribution is 0.243. The lowest BCUT2D eigenvalue weighted by Crippen LogP contribution is -2.35. The van der Waals surface area contributed by atoms with Crippen molar-refractivity contribution in [3.63, 3.8) is 0 Å². The molecule has 2 rings (SSSR count). The molecule has 0 N–H and O–H groups in total. The van der Waals surface area contributed by atoms with Crippen molar-refractivity contribution in [1.29, 1.82) is 0 Å². The second-order valence-electron chi connectivity index (χ2n) is 4.08. The minimum atomic E-state index is 0.675. The summed E-state index contributed by atoms with van der Waals surface area (Å²) in [5.74, 6) is 0.675. The molecule has 0 radical (unpaired) electrons. The van der Waals surface area contributed by atoms with E-state index in [0.29, 0.717) is 5.92 Å². The maximum Gasteiger partial charge on any atom is 0.0108 e. The van der Waals surface area contributed by atoms with E-state index in [0.717, 1.165) is 6.42 Å². The van der Waals surface area contributed by atoms with E-state index in [1.807, 2.05) is 0 Å². The van der Waals surface area contributed by atoms with Gasteiger partial charge in [0, 0.05) is 19.0 Å². The Labute approximate surface area is 86.8 Å². The van der Waals surface area contributed by atoms with E-state index >= 15 is 0 Å². The van der Waals surface area contributed by atoms with Gasteiger partial charge in [-0.05, 0) is 19.4 Å². The van der Waals surface area contributed by atoms with Crippen LogP contribution in [0.1, 0.15) is 19.8 Å². The molecule has 1 heteroatoms. The zero-order valence-corrected chi connectivity index (χ0v) is 8.95. The van der Waals surface area contributed by atoms with Gasteiger partial charge in [0.2, 0.25) is 0 Å². The van der Waals surface area contributed by atoms with Crippen molar-refractivity contribution in [2.75, 3.05) is 19.6 Å². The van der Waals surface area contributed by atoms with Crippen molar-refractivity contribution < 1.29 is 0 Å².